The number of halogens is 2. The number of aromatic amines is 1. The molecule has 0 aliphatic carbocycles. The SMILES string of the molecule is CCCN(CCC)S(=O)(=O)c1ccc(-c2[nH]c3c(-c4ccc(F)cc4F)c(C)nn3c(=O)c2C(=O)OCC)cc1. The summed E-state index contributed by atoms with van der Waals surface area (Å²) < 4.78 is 62.3. The van der Waals surface area contributed by atoms with Gasteiger partial charge in [0.05, 0.1) is 28.5 Å². The number of hydrogen-bond donors (Lipinski definition) is 1. The van der Waals surface area contributed by atoms with Crippen molar-refractivity contribution in [2.24, 2.45) is 0 Å². The van der Waals surface area contributed by atoms with Crippen LogP contribution in [-0.4, -0.2) is 53.0 Å². The Morgan fingerprint density at radius 2 is 1.70 bits per heavy atom. The van der Waals surface area contributed by atoms with Gasteiger partial charge >= 0.3 is 5.97 Å². The van der Waals surface area contributed by atoms with Crippen LogP contribution in [0.15, 0.2) is 52.2 Å². The van der Waals surface area contributed by atoms with Gasteiger partial charge in [-0.3, -0.25) is 4.79 Å². The second-order valence-electron chi connectivity index (χ2n) is 9.17. The molecule has 0 fully saturated rings. The molecule has 4 aromatic rings. The van der Waals surface area contributed by atoms with Crippen molar-refractivity contribution in [1.29, 1.82) is 0 Å². The number of carbonyl (C=O) groups is 1. The number of aromatic nitrogens is 3. The van der Waals surface area contributed by atoms with Gasteiger partial charge in [0.25, 0.3) is 5.56 Å². The van der Waals surface area contributed by atoms with E-state index in [9.17, 15) is 26.8 Å². The number of nitrogens with one attached hydrogen (secondary N) is 1. The molecule has 1 N–H and O–H groups in total. The van der Waals surface area contributed by atoms with Crippen molar-refractivity contribution in [2.75, 3.05) is 19.7 Å². The summed E-state index contributed by atoms with van der Waals surface area (Å²) in [4.78, 5) is 29.6. The van der Waals surface area contributed by atoms with E-state index < -0.39 is 33.2 Å². The highest BCUT2D eigenvalue weighted by molar-refractivity contribution is 7.89. The second-order valence-corrected chi connectivity index (χ2v) is 11.1. The molecule has 0 atom stereocenters. The molecule has 0 aliphatic heterocycles. The summed E-state index contributed by atoms with van der Waals surface area (Å²) in [7, 11) is -3.77. The highest BCUT2D eigenvalue weighted by Crippen LogP contribution is 2.32. The Morgan fingerprint density at radius 1 is 1.05 bits per heavy atom. The molecule has 9 nitrogen and oxygen atoms in total. The Morgan fingerprint density at radius 3 is 2.27 bits per heavy atom. The Hall–Kier alpha value is -3.90. The molecule has 212 valence electrons. The highest BCUT2D eigenvalue weighted by atomic mass is 32.2. The minimum Gasteiger partial charge on any atom is -0.462 e. The van der Waals surface area contributed by atoms with E-state index in [4.69, 9.17) is 4.74 Å². The summed E-state index contributed by atoms with van der Waals surface area (Å²) in [6, 6.07) is 8.83. The van der Waals surface area contributed by atoms with Crippen molar-refractivity contribution in [3.05, 3.63) is 75.7 Å². The predicted octanol–water partition coefficient (Wildman–Crippen LogP) is 4.93. The molecule has 0 unspecified atom stereocenters. The van der Waals surface area contributed by atoms with Gasteiger partial charge in [-0.1, -0.05) is 26.0 Å². The third-order valence-corrected chi connectivity index (χ3v) is 8.28. The number of benzene rings is 2. The molecule has 12 heteroatoms. The van der Waals surface area contributed by atoms with Gasteiger partial charge in [-0.25, -0.2) is 22.0 Å². The topological polar surface area (TPSA) is 114 Å². The molecule has 0 aliphatic rings. The van der Waals surface area contributed by atoms with Gasteiger partial charge in [0.2, 0.25) is 10.0 Å². The lowest BCUT2D eigenvalue weighted by molar-refractivity contribution is 0.0524. The summed E-state index contributed by atoms with van der Waals surface area (Å²) >= 11 is 0. The summed E-state index contributed by atoms with van der Waals surface area (Å²) in [6.45, 7) is 7.69. The van der Waals surface area contributed by atoms with Crippen molar-refractivity contribution < 1.29 is 26.7 Å². The minimum atomic E-state index is -3.77. The number of aryl methyl sites for hydroxylation is 1. The van der Waals surface area contributed by atoms with Gasteiger partial charge in [-0.2, -0.15) is 13.9 Å². The molecule has 40 heavy (non-hydrogen) atoms. The molecule has 0 radical (unpaired) electrons. The third kappa shape index (κ3) is 5.28. The number of carbonyl (C=O) groups excluding carboxylic acids is 1. The maximum Gasteiger partial charge on any atom is 0.346 e. The monoisotopic (exact) mass is 572 g/mol. The van der Waals surface area contributed by atoms with Crippen LogP contribution < -0.4 is 5.56 Å². The fourth-order valence-electron chi connectivity index (χ4n) is 4.60. The van der Waals surface area contributed by atoms with E-state index in [-0.39, 0.29) is 45.2 Å². The highest BCUT2D eigenvalue weighted by Gasteiger charge is 2.27. The molecule has 2 heterocycles. The van der Waals surface area contributed by atoms with Crippen LogP contribution in [0.4, 0.5) is 8.78 Å². The van der Waals surface area contributed by atoms with E-state index in [1.807, 2.05) is 13.8 Å². The fraction of sp³-hybridized carbons (Fsp3) is 0.321. The van der Waals surface area contributed by atoms with E-state index in [0.29, 0.717) is 31.5 Å². The van der Waals surface area contributed by atoms with E-state index in [1.165, 1.54) is 34.6 Å². The Balaban J connectivity index is 1.94. The van der Waals surface area contributed by atoms with Crippen LogP contribution in [-0.2, 0) is 14.8 Å². The molecule has 0 saturated heterocycles. The maximum absolute atomic E-state index is 14.8. The van der Waals surface area contributed by atoms with Crippen LogP contribution in [0.1, 0.15) is 49.7 Å². The van der Waals surface area contributed by atoms with Crippen LogP contribution in [0.25, 0.3) is 28.0 Å². The van der Waals surface area contributed by atoms with Gasteiger partial charge in [0, 0.05) is 24.7 Å². The lowest BCUT2D eigenvalue weighted by atomic mass is 10.0. The van der Waals surface area contributed by atoms with Crippen LogP contribution in [0, 0.1) is 18.6 Å². The van der Waals surface area contributed by atoms with Crippen molar-refractivity contribution >= 4 is 21.6 Å². The quantitative estimate of drug-likeness (QED) is 0.270. The average Bonchev–Trinajstić information content (AvgIpc) is 3.24. The molecule has 2 aromatic heterocycles. The third-order valence-electron chi connectivity index (χ3n) is 6.37. The van der Waals surface area contributed by atoms with Gasteiger partial charge in [0.15, 0.2) is 5.56 Å². The number of ether oxygens (including phenoxy) is 1. The largest absolute Gasteiger partial charge is 0.462 e. The van der Waals surface area contributed by atoms with Gasteiger partial charge in [0.1, 0.15) is 17.3 Å². The molecule has 0 amide bonds. The van der Waals surface area contributed by atoms with Crippen molar-refractivity contribution in [3.8, 4) is 22.4 Å². The zero-order valence-corrected chi connectivity index (χ0v) is 23.4. The van der Waals surface area contributed by atoms with Crippen LogP contribution in [0.5, 0.6) is 0 Å². The lowest BCUT2D eigenvalue weighted by Crippen LogP contribution is -2.32. The van der Waals surface area contributed by atoms with Gasteiger partial charge in [-0.05, 0) is 56.5 Å². The number of nitrogens with zero attached hydrogens (tertiary/aromatic N) is 3. The van der Waals surface area contributed by atoms with Gasteiger partial charge in [-0.15, -0.1) is 0 Å². The molecule has 0 spiro atoms. The standard InChI is InChI=1S/C28H30F2N4O5S/c1-5-14-33(15-6-2)40(37,38)20-11-8-18(9-12-20)25-24(28(36)39-7-3)27(35)34-26(31-25)23(17(4)32-34)21-13-10-19(29)16-22(21)30/h8-13,16,31H,5-7,14-15H2,1-4H3. The summed E-state index contributed by atoms with van der Waals surface area (Å²) in [6.07, 6.45) is 1.31. The Labute approximate surface area is 230 Å². The summed E-state index contributed by atoms with van der Waals surface area (Å²) in [5.41, 5.74) is -0.243. The first-order valence-electron chi connectivity index (χ1n) is 12.9. The number of esters is 1. The van der Waals surface area contributed by atoms with Crippen LogP contribution in [0.2, 0.25) is 0 Å². The molecule has 0 saturated carbocycles. The zero-order valence-electron chi connectivity index (χ0n) is 22.6. The lowest BCUT2D eigenvalue weighted by Gasteiger charge is -2.21. The number of fused-ring (bicyclic) bond motifs is 1. The number of H-pyrrole nitrogens is 1. The molecule has 0 bridgehead atoms. The molecule has 2 aromatic carbocycles. The Bertz CT molecular complexity index is 1720. The normalized spacial score (nSPS) is 11.9. The number of sulfonamides is 1. The second kappa shape index (κ2) is 11.7. The van der Waals surface area contributed by atoms with E-state index in [1.54, 1.807) is 13.8 Å². The van der Waals surface area contributed by atoms with Gasteiger partial charge < -0.3 is 9.72 Å². The van der Waals surface area contributed by atoms with E-state index in [0.717, 1.165) is 16.6 Å². The van der Waals surface area contributed by atoms with E-state index >= 15 is 0 Å². The number of rotatable bonds is 10. The van der Waals surface area contributed by atoms with E-state index in [2.05, 4.69) is 10.1 Å². The first kappa shape index (κ1) is 29.1. The van der Waals surface area contributed by atoms with Crippen molar-refractivity contribution in [2.45, 2.75) is 45.4 Å². The average molecular weight is 573 g/mol. The smallest absolute Gasteiger partial charge is 0.346 e. The van der Waals surface area contributed by atoms with Crippen LogP contribution in [0.3, 0.4) is 0 Å². The molecule has 4 rings (SSSR count). The first-order chi connectivity index (χ1) is 19.0. The van der Waals surface area contributed by atoms with Crippen LogP contribution >= 0.6 is 0 Å². The minimum absolute atomic E-state index is 0.00179. The summed E-state index contributed by atoms with van der Waals surface area (Å²) in [5.74, 6) is -2.52. The Kier molecular flexibility index (Phi) is 8.50. The summed E-state index contributed by atoms with van der Waals surface area (Å²) in [5, 5.41) is 4.21. The molecular weight excluding hydrogens is 542 g/mol. The number of hydrogen-bond acceptors (Lipinski definition) is 6. The zero-order chi connectivity index (χ0) is 29.2. The van der Waals surface area contributed by atoms with Crippen molar-refractivity contribution in [3.63, 3.8) is 0 Å². The fourth-order valence-corrected chi connectivity index (χ4v) is 6.22. The molecular formula is C28H30F2N4O5S. The maximum atomic E-state index is 14.8. The first-order valence-corrected chi connectivity index (χ1v) is 14.4. The predicted molar refractivity (Wildman–Crippen MR) is 147 cm³/mol. The van der Waals surface area contributed by atoms with Crippen molar-refractivity contribution in [1.82, 2.24) is 18.9 Å².